The van der Waals surface area contributed by atoms with E-state index in [1.54, 1.807) is 0 Å². The van der Waals surface area contributed by atoms with Gasteiger partial charge in [0.2, 0.25) is 0 Å². The number of Topliss-reactive ketones (excluding diaryl/α,β-unsaturated/α-hetero) is 1. The Hall–Kier alpha value is -3.01. The van der Waals surface area contributed by atoms with E-state index in [1.165, 1.54) is 16.7 Å². The second-order valence-corrected chi connectivity index (χ2v) is 14.0. The van der Waals surface area contributed by atoms with Crippen LogP contribution in [0.2, 0.25) is 0 Å². The lowest BCUT2D eigenvalue weighted by Crippen LogP contribution is -2.45. The van der Waals surface area contributed by atoms with Crippen molar-refractivity contribution in [3.8, 4) is 0 Å². The van der Waals surface area contributed by atoms with Crippen LogP contribution >= 0.6 is 0 Å². The molecule has 0 amide bonds. The lowest BCUT2D eigenvalue weighted by molar-refractivity contribution is -0.140. The largest absolute Gasteiger partial charge is 0.389 e. The number of hydrogen-bond donors (Lipinski definition) is 2. The van der Waals surface area contributed by atoms with Gasteiger partial charge in [0.25, 0.3) is 0 Å². The zero-order valence-electron chi connectivity index (χ0n) is 28.3. The number of carbonyl (C=O) groups excluding carboxylic acids is 1. The van der Waals surface area contributed by atoms with Gasteiger partial charge >= 0.3 is 0 Å². The van der Waals surface area contributed by atoms with Gasteiger partial charge in [0.05, 0.1) is 6.10 Å². The molecule has 1 fully saturated rings. The van der Waals surface area contributed by atoms with Crippen molar-refractivity contribution in [1.82, 2.24) is 0 Å². The summed E-state index contributed by atoms with van der Waals surface area (Å²) in [5.41, 5.74) is 5.81. The molecule has 0 aromatic heterocycles. The monoisotopic (exact) mass is 584 g/mol. The van der Waals surface area contributed by atoms with E-state index in [9.17, 15) is 15.0 Å². The first-order chi connectivity index (χ1) is 20.0. The van der Waals surface area contributed by atoms with Crippen LogP contribution in [0.5, 0.6) is 0 Å². The molecular weight excluding hydrogens is 528 g/mol. The van der Waals surface area contributed by atoms with E-state index >= 15 is 0 Å². The summed E-state index contributed by atoms with van der Waals surface area (Å²) in [5, 5.41) is 20.1. The topological polar surface area (TPSA) is 57.5 Å². The van der Waals surface area contributed by atoms with Crippen LogP contribution in [0.25, 0.3) is 0 Å². The highest BCUT2D eigenvalue weighted by Crippen LogP contribution is 2.43. The summed E-state index contributed by atoms with van der Waals surface area (Å²) in [4.78, 5) is 12.3. The van der Waals surface area contributed by atoms with Crippen molar-refractivity contribution in [2.24, 2.45) is 28.6 Å². The summed E-state index contributed by atoms with van der Waals surface area (Å²) in [6.07, 6.45) is 31.6. The maximum absolute atomic E-state index is 12.3. The Morgan fingerprint density at radius 3 is 1.70 bits per heavy atom. The van der Waals surface area contributed by atoms with Crippen molar-refractivity contribution in [2.75, 3.05) is 0 Å². The molecule has 5 atom stereocenters. The van der Waals surface area contributed by atoms with Crippen molar-refractivity contribution in [3.05, 3.63) is 119 Å². The lowest BCUT2D eigenvalue weighted by Gasteiger charge is -2.42. The third-order valence-corrected chi connectivity index (χ3v) is 8.84. The van der Waals surface area contributed by atoms with Gasteiger partial charge in [-0.3, -0.25) is 4.79 Å². The molecule has 2 N–H and O–H groups in total. The smallest absolute Gasteiger partial charge is 0.164 e. The Bertz CT molecular complexity index is 1280. The number of ketones is 1. The van der Waals surface area contributed by atoms with Crippen molar-refractivity contribution in [2.45, 2.75) is 94.3 Å². The Morgan fingerprint density at radius 2 is 1.19 bits per heavy atom. The van der Waals surface area contributed by atoms with E-state index in [2.05, 4.69) is 135 Å². The van der Waals surface area contributed by atoms with Crippen LogP contribution in [0.1, 0.15) is 82.1 Å². The number of aliphatic hydroxyl groups excluding tert-OH is 2. The van der Waals surface area contributed by atoms with Crippen molar-refractivity contribution in [1.29, 1.82) is 0 Å². The number of hydrogen-bond acceptors (Lipinski definition) is 3. The molecule has 0 heterocycles. The summed E-state index contributed by atoms with van der Waals surface area (Å²) < 4.78 is 0. The highest BCUT2D eigenvalue weighted by atomic mass is 16.3. The van der Waals surface area contributed by atoms with E-state index in [1.807, 2.05) is 25.2 Å². The second-order valence-electron chi connectivity index (χ2n) is 14.0. The van der Waals surface area contributed by atoms with Crippen LogP contribution in [-0.2, 0) is 4.79 Å². The minimum absolute atomic E-state index is 0.0458. The third kappa shape index (κ3) is 11.5. The highest BCUT2D eigenvalue weighted by Gasteiger charge is 2.44. The minimum atomic E-state index is -0.840. The molecule has 0 aliphatic heterocycles. The fraction of sp³-hybridized carbons (Fsp3) is 0.475. The van der Waals surface area contributed by atoms with Gasteiger partial charge in [-0.05, 0) is 64.2 Å². The SMILES string of the molecule is CC1=C[C@@H](O)CC(C)(C)[C@H]1\C=C/C(C)=C\C=C/C(C)=C/C=C/C=C(C)/C=C\C=C(C)/C=C/[C@@H]1[C@@H](C)C(=O)[C@@H](O)CC1(C)C. The van der Waals surface area contributed by atoms with Crippen LogP contribution in [0, 0.1) is 28.6 Å². The van der Waals surface area contributed by atoms with Crippen LogP contribution < -0.4 is 0 Å². The van der Waals surface area contributed by atoms with E-state index in [-0.39, 0.29) is 34.6 Å². The molecule has 0 aromatic carbocycles. The molecule has 0 saturated heterocycles. The molecule has 3 nitrogen and oxygen atoms in total. The molecule has 3 heteroatoms. The quantitative estimate of drug-likeness (QED) is 0.199. The molecule has 0 bridgehead atoms. The van der Waals surface area contributed by atoms with Gasteiger partial charge in [0.15, 0.2) is 5.78 Å². The predicted octanol–water partition coefficient (Wildman–Crippen LogP) is 9.52. The third-order valence-electron chi connectivity index (χ3n) is 8.84. The molecule has 0 radical (unpaired) electrons. The normalized spacial score (nSPS) is 29.6. The first kappa shape index (κ1) is 36.2. The Balaban J connectivity index is 1.89. The predicted molar refractivity (Wildman–Crippen MR) is 184 cm³/mol. The molecule has 2 aliphatic carbocycles. The average Bonchev–Trinajstić information content (AvgIpc) is 2.88. The van der Waals surface area contributed by atoms with Gasteiger partial charge in [-0.25, -0.2) is 0 Å². The zero-order chi connectivity index (χ0) is 32.4. The molecule has 234 valence electrons. The molecule has 2 rings (SSSR count). The Kier molecular flexibility index (Phi) is 13.6. The van der Waals surface area contributed by atoms with E-state index < -0.39 is 6.10 Å². The zero-order valence-corrected chi connectivity index (χ0v) is 28.3. The standard InChI is InChI=1S/C40H56O3/c1-28(17-13-19-30(3)21-23-35-32(5)25-34(41)26-39(35,7)8)15-11-12-16-29(2)18-14-20-31(4)22-24-36-33(6)38(43)37(42)27-40(36,9)10/h11-25,33-37,41-42H,26-27H2,1-10H3/b12-11+,17-13-,18-14-,23-21-,24-22+,28-15+,29-16+,30-19-,31-20-/t33-,34-,35+,36-,37+/m1/s1. The molecular formula is C40H56O3. The summed E-state index contributed by atoms with van der Waals surface area (Å²) in [7, 11) is 0. The van der Waals surface area contributed by atoms with E-state index in [4.69, 9.17) is 0 Å². The lowest BCUT2D eigenvalue weighted by atomic mass is 9.62. The molecule has 0 aromatic rings. The average molecular weight is 585 g/mol. The summed E-state index contributed by atoms with van der Waals surface area (Å²) in [6.45, 7) is 21.1. The van der Waals surface area contributed by atoms with E-state index in [0.717, 1.165) is 17.6 Å². The van der Waals surface area contributed by atoms with Crippen molar-refractivity contribution >= 4 is 5.78 Å². The minimum Gasteiger partial charge on any atom is -0.389 e. The maximum atomic E-state index is 12.3. The van der Waals surface area contributed by atoms with Crippen LogP contribution in [0.4, 0.5) is 0 Å². The molecule has 0 unspecified atom stereocenters. The van der Waals surface area contributed by atoms with Gasteiger partial charge in [0.1, 0.15) is 6.10 Å². The van der Waals surface area contributed by atoms with Crippen LogP contribution in [0.15, 0.2) is 119 Å². The van der Waals surface area contributed by atoms with Crippen molar-refractivity contribution in [3.63, 3.8) is 0 Å². The number of aliphatic hydroxyl groups is 2. The summed E-state index contributed by atoms with van der Waals surface area (Å²) in [5.74, 6) is 0.230. The van der Waals surface area contributed by atoms with Gasteiger partial charge < -0.3 is 10.2 Å². The van der Waals surface area contributed by atoms with Crippen LogP contribution in [-0.4, -0.2) is 28.2 Å². The van der Waals surface area contributed by atoms with Gasteiger partial charge in [-0.2, -0.15) is 0 Å². The molecule has 0 spiro atoms. The summed E-state index contributed by atoms with van der Waals surface area (Å²) >= 11 is 0. The molecule has 1 saturated carbocycles. The van der Waals surface area contributed by atoms with Gasteiger partial charge in [-0.1, -0.05) is 154 Å². The van der Waals surface area contributed by atoms with Crippen molar-refractivity contribution < 1.29 is 15.0 Å². The summed E-state index contributed by atoms with van der Waals surface area (Å²) in [6, 6.07) is 0. The van der Waals surface area contributed by atoms with Gasteiger partial charge in [0, 0.05) is 11.8 Å². The Labute approximate surface area is 262 Å². The van der Waals surface area contributed by atoms with Crippen LogP contribution in [0.3, 0.4) is 0 Å². The Morgan fingerprint density at radius 1 is 0.721 bits per heavy atom. The fourth-order valence-corrected chi connectivity index (χ4v) is 6.32. The first-order valence-electron chi connectivity index (χ1n) is 15.7. The molecule has 43 heavy (non-hydrogen) atoms. The van der Waals surface area contributed by atoms with E-state index in [0.29, 0.717) is 12.3 Å². The molecule has 2 aliphatic rings. The van der Waals surface area contributed by atoms with Gasteiger partial charge in [-0.15, -0.1) is 0 Å². The number of carbonyl (C=O) groups is 1. The second kappa shape index (κ2) is 16.2. The first-order valence-corrected chi connectivity index (χ1v) is 15.7. The number of allylic oxidation sites excluding steroid dienone is 19. The number of rotatable bonds is 10. The maximum Gasteiger partial charge on any atom is 0.164 e. The fourth-order valence-electron chi connectivity index (χ4n) is 6.32. The highest BCUT2D eigenvalue weighted by molar-refractivity contribution is 5.86.